The van der Waals surface area contributed by atoms with Gasteiger partial charge in [0.2, 0.25) is 0 Å². The molecule has 1 saturated carbocycles. The van der Waals surface area contributed by atoms with Gasteiger partial charge in [0.05, 0.1) is 5.84 Å². The molecule has 2 heteroatoms. The predicted octanol–water partition coefficient (Wildman–Crippen LogP) is 3.03. The monoisotopic (exact) mass is 194 g/mol. The Morgan fingerprint density at radius 2 is 2.07 bits per heavy atom. The summed E-state index contributed by atoms with van der Waals surface area (Å²) < 4.78 is 0. The topological polar surface area (TPSA) is 27.1 Å². The highest BCUT2D eigenvalue weighted by Gasteiger charge is 2.31. The molecule has 0 spiro atoms. The fourth-order valence-corrected chi connectivity index (χ4v) is 3.21. The third kappa shape index (κ3) is 1.79. The number of rotatable bonds is 3. The van der Waals surface area contributed by atoms with Crippen LogP contribution in [0.1, 0.15) is 51.9 Å². The average Bonchev–Trinajstić information content (AvgIpc) is 2.80. The maximum absolute atomic E-state index is 7.93. The van der Waals surface area contributed by atoms with Crippen LogP contribution in [0.2, 0.25) is 0 Å². The lowest BCUT2D eigenvalue weighted by molar-refractivity contribution is 0.233. The molecule has 0 amide bonds. The molecule has 1 atom stereocenters. The molecule has 2 rings (SSSR count). The zero-order valence-corrected chi connectivity index (χ0v) is 9.26. The third-order valence-corrected chi connectivity index (χ3v) is 3.92. The summed E-state index contributed by atoms with van der Waals surface area (Å²) in [6.07, 6.45) is 9.10. The Labute approximate surface area is 87.2 Å². The van der Waals surface area contributed by atoms with Gasteiger partial charge >= 0.3 is 0 Å². The number of amidine groups is 1. The quantitative estimate of drug-likeness (QED) is 0.734. The van der Waals surface area contributed by atoms with E-state index in [1.54, 1.807) is 0 Å². The number of hydrogen-bond acceptors (Lipinski definition) is 1. The maximum Gasteiger partial charge on any atom is 0.0960 e. The molecule has 80 valence electrons. The molecule has 1 aliphatic carbocycles. The van der Waals surface area contributed by atoms with Gasteiger partial charge in [0.1, 0.15) is 0 Å². The molecule has 0 radical (unpaired) electrons. The van der Waals surface area contributed by atoms with Gasteiger partial charge in [-0.2, -0.15) is 0 Å². The summed E-state index contributed by atoms with van der Waals surface area (Å²) in [5, 5.41) is 7.93. The molecule has 1 saturated heterocycles. The number of hydrogen-bond donors (Lipinski definition) is 1. The van der Waals surface area contributed by atoms with Crippen molar-refractivity contribution in [2.24, 2.45) is 5.92 Å². The minimum absolute atomic E-state index is 0.687. The molecule has 14 heavy (non-hydrogen) atoms. The van der Waals surface area contributed by atoms with E-state index in [0.29, 0.717) is 6.04 Å². The summed E-state index contributed by atoms with van der Waals surface area (Å²) in [7, 11) is 0. The van der Waals surface area contributed by atoms with Crippen LogP contribution in [0, 0.1) is 11.3 Å². The summed E-state index contributed by atoms with van der Waals surface area (Å²) in [4.78, 5) is 2.38. The second kappa shape index (κ2) is 4.33. The second-order valence-corrected chi connectivity index (χ2v) is 4.76. The SMILES string of the molecule is CCC(C1CCCC1)N1CCCC1=N. The van der Waals surface area contributed by atoms with Gasteiger partial charge in [0.15, 0.2) is 0 Å². The van der Waals surface area contributed by atoms with E-state index in [0.717, 1.165) is 24.7 Å². The Kier molecular flexibility index (Phi) is 3.09. The van der Waals surface area contributed by atoms with Crippen molar-refractivity contribution in [3.05, 3.63) is 0 Å². The van der Waals surface area contributed by atoms with Crippen LogP contribution in [0.25, 0.3) is 0 Å². The highest BCUT2D eigenvalue weighted by molar-refractivity contribution is 5.81. The zero-order chi connectivity index (χ0) is 9.97. The van der Waals surface area contributed by atoms with Crippen molar-refractivity contribution in [3.63, 3.8) is 0 Å². The van der Waals surface area contributed by atoms with E-state index in [2.05, 4.69) is 11.8 Å². The Morgan fingerprint density at radius 1 is 1.36 bits per heavy atom. The van der Waals surface area contributed by atoms with E-state index in [-0.39, 0.29) is 0 Å². The van der Waals surface area contributed by atoms with Gasteiger partial charge in [0.25, 0.3) is 0 Å². The number of nitrogens with one attached hydrogen (secondary N) is 1. The molecule has 1 aliphatic heterocycles. The minimum Gasteiger partial charge on any atom is -0.357 e. The molecule has 0 aromatic rings. The Morgan fingerprint density at radius 3 is 2.57 bits per heavy atom. The van der Waals surface area contributed by atoms with Crippen molar-refractivity contribution in [2.45, 2.75) is 57.9 Å². The molecule has 0 aromatic carbocycles. The van der Waals surface area contributed by atoms with E-state index in [9.17, 15) is 0 Å². The highest BCUT2D eigenvalue weighted by atomic mass is 15.2. The average molecular weight is 194 g/mol. The Bertz CT molecular complexity index is 206. The van der Waals surface area contributed by atoms with Gasteiger partial charge in [-0.1, -0.05) is 19.8 Å². The Hall–Kier alpha value is -0.530. The molecular weight excluding hydrogens is 172 g/mol. The summed E-state index contributed by atoms with van der Waals surface area (Å²) in [6.45, 7) is 3.43. The fourth-order valence-electron chi connectivity index (χ4n) is 3.21. The Balaban J connectivity index is 2.00. The van der Waals surface area contributed by atoms with Gasteiger partial charge in [0, 0.05) is 19.0 Å². The van der Waals surface area contributed by atoms with Crippen molar-refractivity contribution in [2.75, 3.05) is 6.54 Å². The summed E-state index contributed by atoms with van der Waals surface area (Å²) >= 11 is 0. The van der Waals surface area contributed by atoms with E-state index in [4.69, 9.17) is 5.41 Å². The molecular formula is C12H22N2. The van der Waals surface area contributed by atoms with Crippen LogP contribution < -0.4 is 0 Å². The van der Waals surface area contributed by atoms with Gasteiger partial charge in [-0.25, -0.2) is 0 Å². The largest absolute Gasteiger partial charge is 0.357 e. The van der Waals surface area contributed by atoms with Gasteiger partial charge < -0.3 is 4.90 Å². The van der Waals surface area contributed by atoms with Gasteiger partial charge in [-0.15, -0.1) is 0 Å². The van der Waals surface area contributed by atoms with Crippen molar-refractivity contribution in [3.8, 4) is 0 Å². The molecule has 1 N–H and O–H groups in total. The molecule has 1 unspecified atom stereocenters. The summed E-state index contributed by atoms with van der Waals surface area (Å²) in [6, 6.07) is 0.687. The molecule has 1 heterocycles. The number of nitrogens with zero attached hydrogens (tertiary/aromatic N) is 1. The van der Waals surface area contributed by atoms with Crippen LogP contribution >= 0.6 is 0 Å². The molecule has 0 aromatic heterocycles. The smallest absolute Gasteiger partial charge is 0.0960 e. The standard InChI is InChI=1S/C12H22N2/c1-2-11(10-6-3-4-7-10)14-9-5-8-12(14)13/h10-11,13H,2-9H2,1H3. The van der Waals surface area contributed by atoms with Crippen molar-refractivity contribution >= 4 is 5.84 Å². The fraction of sp³-hybridized carbons (Fsp3) is 0.917. The first-order valence-electron chi connectivity index (χ1n) is 6.17. The lowest BCUT2D eigenvalue weighted by Gasteiger charge is -2.33. The van der Waals surface area contributed by atoms with Crippen molar-refractivity contribution < 1.29 is 0 Å². The van der Waals surface area contributed by atoms with Crippen LogP contribution in [0.15, 0.2) is 0 Å². The highest BCUT2D eigenvalue weighted by Crippen LogP contribution is 2.33. The van der Waals surface area contributed by atoms with E-state index in [1.807, 2.05) is 0 Å². The zero-order valence-electron chi connectivity index (χ0n) is 9.26. The van der Waals surface area contributed by atoms with Crippen molar-refractivity contribution in [1.82, 2.24) is 4.90 Å². The lowest BCUT2D eigenvalue weighted by Crippen LogP contribution is -2.40. The molecule has 2 fully saturated rings. The lowest BCUT2D eigenvalue weighted by atomic mass is 9.94. The second-order valence-electron chi connectivity index (χ2n) is 4.76. The first-order valence-corrected chi connectivity index (χ1v) is 6.17. The molecule has 2 nitrogen and oxygen atoms in total. The van der Waals surface area contributed by atoms with Crippen molar-refractivity contribution in [1.29, 1.82) is 5.41 Å². The summed E-state index contributed by atoms with van der Waals surface area (Å²) in [5.41, 5.74) is 0. The van der Waals surface area contributed by atoms with Crippen LogP contribution in [0.5, 0.6) is 0 Å². The van der Waals surface area contributed by atoms with Gasteiger partial charge in [-0.3, -0.25) is 5.41 Å². The molecule has 2 aliphatic rings. The third-order valence-electron chi connectivity index (χ3n) is 3.92. The minimum atomic E-state index is 0.687. The molecule has 0 bridgehead atoms. The number of likely N-dealkylation sites (tertiary alicyclic amines) is 1. The van der Waals surface area contributed by atoms with E-state index in [1.165, 1.54) is 38.5 Å². The van der Waals surface area contributed by atoms with E-state index >= 15 is 0 Å². The normalized spacial score (nSPS) is 26.1. The summed E-state index contributed by atoms with van der Waals surface area (Å²) in [5.74, 6) is 1.79. The first-order chi connectivity index (χ1) is 6.83. The predicted molar refractivity (Wildman–Crippen MR) is 59.7 cm³/mol. The van der Waals surface area contributed by atoms with E-state index < -0.39 is 0 Å². The van der Waals surface area contributed by atoms with Crippen LogP contribution in [0.3, 0.4) is 0 Å². The first kappa shape index (κ1) is 10.0. The van der Waals surface area contributed by atoms with Gasteiger partial charge in [-0.05, 0) is 31.6 Å². The maximum atomic E-state index is 7.93. The van der Waals surface area contributed by atoms with Crippen LogP contribution in [0.4, 0.5) is 0 Å². The van der Waals surface area contributed by atoms with Crippen LogP contribution in [-0.2, 0) is 0 Å². The van der Waals surface area contributed by atoms with Crippen LogP contribution in [-0.4, -0.2) is 23.3 Å².